The van der Waals surface area contributed by atoms with Gasteiger partial charge in [0, 0.05) is 30.9 Å². The molecule has 2 aromatic carbocycles. The Kier molecular flexibility index (Phi) is 6.74. The Morgan fingerprint density at radius 2 is 1.91 bits per heavy atom. The monoisotopic (exact) mass is 438 g/mol. The first-order valence-corrected chi connectivity index (χ1v) is 11.4. The van der Waals surface area contributed by atoms with Crippen molar-refractivity contribution >= 4 is 17.6 Å². The van der Waals surface area contributed by atoms with Crippen LogP contribution in [0.1, 0.15) is 48.0 Å². The molecule has 1 aliphatic carbocycles. The van der Waals surface area contributed by atoms with Gasteiger partial charge in [0.05, 0.1) is 5.54 Å². The molecule has 6 nitrogen and oxygen atoms in total. The number of rotatable bonds is 7. The number of anilines is 1. The highest BCUT2D eigenvalue weighted by Gasteiger charge is 2.42. The lowest BCUT2D eigenvalue weighted by Gasteiger charge is -2.46. The first-order valence-electron chi connectivity index (χ1n) is 11.4. The summed E-state index contributed by atoms with van der Waals surface area (Å²) in [5.41, 5.74) is 2.01. The molecule has 3 amide bonds. The van der Waals surface area contributed by atoms with E-state index in [1.807, 2.05) is 12.1 Å². The molecule has 170 valence electrons. The molecule has 32 heavy (non-hydrogen) atoms. The lowest BCUT2D eigenvalue weighted by molar-refractivity contribution is 0.0963. The zero-order chi connectivity index (χ0) is 22.6. The van der Waals surface area contributed by atoms with E-state index in [9.17, 15) is 14.0 Å². The molecular weight excluding hydrogens is 407 g/mol. The fourth-order valence-corrected chi connectivity index (χ4v) is 4.83. The highest BCUT2D eigenvalue weighted by molar-refractivity contribution is 5.96. The van der Waals surface area contributed by atoms with Gasteiger partial charge in [0.2, 0.25) is 0 Å². The van der Waals surface area contributed by atoms with Crippen LogP contribution in [0.5, 0.6) is 0 Å². The van der Waals surface area contributed by atoms with E-state index in [0.29, 0.717) is 17.3 Å². The molecule has 0 aromatic heterocycles. The average molecular weight is 439 g/mol. The summed E-state index contributed by atoms with van der Waals surface area (Å²) in [6.45, 7) is 1.84. The summed E-state index contributed by atoms with van der Waals surface area (Å²) < 4.78 is 13.2. The Morgan fingerprint density at radius 3 is 2.59 bits per heavy atom. The summed E-state index contributed by atoms with van der Waals surface area (Å²) in [7, 11) is 1.58. The summed E-state index contributed by atoms with van der Waals surface area (Å²) in [5, 5.41) is 8.69. The normalized spacial score (nSPS) is 19.8. The number of hydrogen-bond acceptors (Lipinski definition) is 3. The maximum Gasteiger partial charge on any atom is 0.319 e. The van der Waals surface area contributed by atoms with Gasteiger partial charge in [0.25, 0.3) is 5.91 Å². The van der Waals surface area contributed by atoms with E-state index < -0.39 is 0 Å². The van der Waals surface area contributed by atoms with Gasteiger partial charge in [-0.1, -0.05) is 18.2 Å². The lowest BCUT2D eigenvalue weighted by Crippen LogP contribution is -2.61. The number of nitrogens with zero attached hydrogens (tertiary/aromatic N) is 1. The molecule has 2 fully saturated rings. The van der Waals surface area contributed by atoms with Crippen LogP contribution >= 0.6 is 0 Å². The van der Waals surface area contributed by atoms with Gasteiger partial charge >= 0.3 is 6.03 Å². The Balaban J connectivity index is 1.36. The Morgan fingerprint density at radius 1 is 1.12 bits per heavy atom. The molecule has 1 saturated heterocycles. The summed E-state index contributed by atoms with van der Waals surface area (Å²) in [5.74, 6) is -0.396. The predicted molar refractivity (Wildman–Crippen MR) is 123 cm³/mol. The average Bonchev–Trinajstić information content (AvgIpc) is 3.19. The van der Waals surface area contributed by atoms with Crippen LogP contribution in [0.4, 0.5) is 14.9 Å². The van der Waals surface area contributed by atoms with E-state index in [1.165, 1.54) is 12.1 Å². The quantitative estimate of drug-likeness (QED) is 0.613. The molecule has 4 rings (SSSR count). The number of nitrogens with one attached hydrogen (secondary N) is 3. The molecule has 0 radical (unpaired) electrons. The molecule has 3 N–H and O–H groups in total. The molecule has 1 saturated carbocycles. The second-order valence-electron chi connectivity index (χ2n) is 8.97. The number of urea groups is 1. The van der Waals surface area contributed by atoms with Crippen molar-refractivity contribution < 1.29 is 14.0 Å². The maximum absolute atomic E-state index is 13.2. The fraction of sp³-hybridized carbons (Fsp3) is 0.440. The van der Waals surface area contributed by atoms with Crippen molar-refractivity contribution in [3.8, 4) is 0 Å². The molecule has 2 aliphatic rings. The molecule has 1 aliphatic heterocycles. The molecule has 1 heterocycles. The minimum Gasteiger partial charge on any atom is -0.355 e. The van der Waals surface area contributed by atoms with Gasteiger partial charge < -0.3 is 16.0 Å². The van der Waals surface area contributed by atoms with Crippen molar-refractivity contribution in [2.75, 3.05) is 25.5 Å². The van der Waals surface area contributed by atoms with E-state index in [-0.39, 0.29) is 23.3 Å². The van der Waals surface area contributed by atoms with Gasteiger partial charge in [-0.2, -0.15) is 0 Å². The minimum atomic E-state index is -0.243. The minimum absolute atomic E-state index is 0.189. The van der Waals surface area contributed by atoms with Gasteiger partial charge in [0.1, 0.15) is 5.82 Å². The van der Waals surface area contributed by atoms with Crippen LogP contribution in [0.25, 0.3) is 0 Å². The van der Waals surface area contributed by atoms with Crippen molar-refractivity contribution in [3.63, 3.8) is 0 Å². The molecular formula is C25H31FN4O2. The van der Waals surface area contributed by atoms with Crippen LogP contribution in [0.15, 0.2) is 48.5 Å². The first kappa shape index (κ1) is 22.3. The number of hydrogen-bond donors (Lipinski definition) is 3. The maximum atomic E-state index is 13.2. The fourth-order valence-electron chi connectivity index (χ4n) is 4.83. The summed E-state index contributed by atoms with van der Waals surface area (Å²) in [4.78, 5) is 27.1. The highest BCUT2D eigenvalue weighted by Crippen LogP contribution is 2.35. The second-order valence-corrected chi connectivity index (χ2v) is 8.97. The van der Waals surface area contributed by atoms with E-state index in [0.717, 1.165) is 57.2 Å². The van der Waals surface area contributed by atoms with Crippen molar-refractivity contribution in [1.29, 1.82) is 0 Å². The number of carbonyl (C=O) groups is 2. The summed E-state index contributed by atoms with van der Waals surface area (Å²) in [6, 6.07) is 13.9. The lowest BCUT2D eigenvalue weighted by atomic mass is 9.76. The van der Waals surface area contributed by atoms with Crippen molar-refractivity contribution in [2.24, 2.45) is 0 Å². The summed E-state index contributed by atoms with van der Waals surface area (Å²) >= 11 is 0. The van der Waals surface area contributed by atoms with Crippen molar-refractivity contribution in [2.45, 2.75) is 50.1 Å². The largest absolute Gasteiger partial charge is 0.355 e. The van der Waals surface area contributed by atoms with Crippen LogP contribution in [0.2, 0.25) is 0 Å². The smallest absolute Gasteiger partial charge is 0.319 e. The Labute approximate surface area is 188 Å². The Hall–Kier alpha value is -2.93. The summed E-state index contributed by atoms with van der Waals surface area (Å²) in [6.07, 6.45) is 6.17. The number of carbonyl (C=O) groups excluding carboxylic acids is 2. The van der Waals surface area contributed by atoms with Gasteiger partial charge in [-0.05, 0) is 81.0 Å². The van der Waals surface area contributed by atoms with Crippen LogP contribution in [-0.4, -0.2) is 48.6 Å². The number of halogens is 1. The third-order valence-electron chi connectivity index (χ3n) is 6.69. The van der Waals surface area contributed by atoms with Gasteiger partial charge in [-0.25, -0.2) is 9.18 Å². The third kappa shape index (κ3) is 5.27. The Bertz CT molecular complexity index is 959. The van der Waals surface area contributed by atoms with Crippen LogP contribution in [0, 0.1) is 5.82 Å². The molecule has 7 heteroatoms. The first-order chi connectivity index (χ1) is 15.5. The molecule has 0 spiro atoms. The van der Waals surface area contributed by atoms with E-state index in [1.54, 1.807) is 31.3 Å². The van der Waals surface area contributed by atoms with Crippen molar-refractivity contribution in [1.82, 2.24) is 15.5 Å². The zero-order valence-corrected chi connectivity index (χ0v) is 18.5. The standard InChI is InChI=1S/C25H31FN4O2/c1-27-23(31)19-5-2-6-21(16-19)28-24(32)29-25(12-4-13-25)17-30-14-3-7-22(30)15-18-8-10-20(26)11-9-18/h2,5-6,8-11,16,22H,3-4,7,12-15,17H2,1H3,(H,27,31)(H2,28,29,32). The van der Waals surface area contributed by atoms with Crippen molar-refractivity contribution in [3.05, 3.63) is 65.5 Å². The van der Waals surface area contributed by atoms with E-state index in [4.69, 9.17) is 0 Å². The molecule has 1 unspecified atom stereocenters. The molecule has 0 bridgehead atoms. The van der Waals surface area contributed by atoms with Gasteiger partial charge in [-0.15, -0.1) is 0 Å². The predicted octanol–water partition coefficient (Wildman–Crippen LogP) is 3.94. The van der Waals surface area contributed by atoms with Gasteiger partial charge in [-0.3, -0.25) is 9.69 Å². The molecule has 2 aromatic rings. The van der Waals surface area contributed by atoms with Gasteiger partial charge in [0.15, 0.2) is 0 Å². The third-order valence-corrected chi connectivity index (χ3v) is 6.69. The molecule has 1 atom stereocenters. The van der Waals surface area contributed by atoms with E-state index >= 15 is 0 Å². The SMILES string of the molecule is CNC(=O)c1cccc(NC(=O)NC2(CN3CCCC3Cc3ccc(F)cc3)CCC2)c1. The van der Waals surface area contributed by atoms with Crippen LogP contribution in [0.3, 0.4) is 0 Å². The number of amides is 3. The van der Waals surface area contributed by atoms with E-state index in [2.05, 4.69) is 20.9 Å². The second kappa shape index (κ2) is 9.69. The number of benzene rings is 2. The highest BCUT2D eigenvalue weighted by atomic mass is 19.1. The van der Waals surface area contributed by atoms with Crippen LogP contribution < -0.4 is 16.0 Å². The number of likely N-dealkylation sites (tertiary alicyclic amines) is 1. The zero-order valence-electron chi connectivity index (χ0n) is 18.5. The van der Waals surface area contributed by atoms with Crippen LogP contribution in [-0.2, 0) is 6.42 Å². The topological polar surface area (TPSA) is 73.5 Å².